The Balaban J connectivity index is 0.000000189. The summed E-state index contributed by atoms with van der Waals surface area (Å²) in [5.41, 5.74) is 10.4. The Morgan fingerprint density at radius 1 is 0.470 bits per heavy atom. The molecule has 18 rings (SSSR count). The van der Waals surface area contributed by atoms with Gasteiger partial charge in [0.2, 0.25) is 11.9 Å². The van der Waals surface area contributed by atoms with Gasteiger partial charge in [0, 0.05) is 169 Å². The van der Waals surface area contributed by atoms with Crippen LogP contribution in [0.1, 0.15) is 80.7 Å². The molecule has 0 unspecified atom stereocenters. The first-order valence-electron chi connectivity index (χ1n) is 39.7. The largest absolute Gasteiger partial charge is 0.462 e. The number of nitrogens with two attached hydrogens (primary N) is 3. The van der Waals surface area contributed by atoms with Gasteiger partial charge in [-0.2, -0.15) is 8.42 Å². The number of aryl methyl sites for hydroxylation is 1. The minimum atomic E-state index is -1.08. The van der Waals surface area contributed by atoms with Crippen molar-refractivity contribution in [2.45, 2.75) is 72.9 Å². The van der Waals surface area contributed by atoms with Crippen LogP contribution in [0.2, 0.25) is 20.6 Å². The summed E-state index contributed by atoms with van der Waals surface area (Å²) in [7, 11) is 4.62. The third-order valence-electron chi connectivity index (χ3n) is 17.9. The average molecular weight is 1900 g/mol. The maximum absolute atomic E-state index is 11.7. The van der Waals surface area contributed by atoms with Crippen molar-refractivity contribution in [3.05, 3.63) is 292 Å². The molecule has 0 bridgehead atoms. The molecular weight excluding hydrogens is 1810 g/mol. The quantitative estimate of drug-likeness (QED) is 0.0147. The van der Waals surface area contributed by atoms with Gasteiger partial charge in [-0.25, -0.2) is 75.7 Å². The summed E-state index contributed by atoms with van der Waals surface area (Å²) in [6.07, 6.45) is 18.0. The number of aromatic nitrogens is 23. The molecule has 690 valence electrons. The number of fused-ring (bicyclic) bond motifs is 4. The standard InChI is InChI=1S/C18H18N6O2.C16H15N7O2.C11H7ClN4.C11H12N4.C10H14O3.C8H10N2O2.C4H2Cl2N2.C4H5ClN4.C2H6O.H4N2.O2S/c1-2-26-17(25)14-10-19-18(20-11-14)23-8-9-24-15(12-23)21-22-16(24)13-6-4-3-5-7-13;24-15(21-25)12-8-17-16(18-9-12)22-6-7-23-13(10-22)19-20-14(23)11-4-2-1-3-5-11;12-9-11-15-14-10(16(11)7-6-13-9)8-4-2-1-3-5-8;1-2-4-9(5-3-1)11-14-13-10-8-12-6-7-15(10)11;1-11-10(12-2,13-3)9-7-5-4-6-8-9;1-3-12-8(11)7-4-9-6(2)10-5-7;5-3-4(6)8-2-1-7-3;5-3-4(9-6)8-2-1-7-3;1-2-3;1-2;1-3-2/h3-7,10-11H,2,8-9,12H2,1H3;1-5,8-9,25H,6-7,10H2,(H,21,24);1-7H;1-5,12H,6-8H2;4-8H,1-3H3;4-5H,3H2,1-2H3;1-2H;1-2H,6H2,(H,8,9);3H,2H2,1H3;1-2H2;. The first kappa shape index (κ1) is 103. The number of methoxy groups -OCH3 is 3. The zero-order valence-electron chi connectivity index (χ0n) is 72.2. The third kappa shape index (κ3) is 30.0. The van der Waals surface area contributed by atoms with Crippen molar-refractivity contribution in [3.8, 4) is 45.6 Å². The summed E-state index contributed by atoms with van der Waals surface area (Å²) in [4.78, 5) is 81.5. The zero-order chi connectivity index (χ0) is 95.0. The molecule has 0 aliphatic carbocycles. The number of nitrogen functional groups attached to an aromatic ring is 1. The molecule has 5 aromatic carbocycles. The number of ether oxygens (including phenoxy) is 5. The van der Waals surface area contributed by atoms with Crippen LogP contribution in [0, 0.1) is 6.92 Å². The number of anilines is 3. The Kier molecular flexibility index (Phi) is 43.6. The molecule has 0 radical (unpaired) electrons. The summed E-state index contributed by atoms with van der Waals surface area (Å²) in [5, 5.41) is 54.4. The van der Waals surface area contributed by atoms with Gasteiger partial charge in [-0.1, -0.05) is 198 Å². The zero-order valence-corrected chi connectivity index (χ0v) is 76.0. The molecule has 3 aliphatic rings. The highest BCUT2D eigenvalue weighted by Gasteiger charge is 2.32. The van der Waals surface area contributed by atoms with Gasteiger partial charge < -0.3 is 63.0 Å². The highest BCUT2D eigenvalue weighted by Crippen LogP contribution is 2.29. The van der Waals surface area contributed by atoms with Crippen molar-refractivity contribution in [2.75, 3.05) is 76.0 Å². The summed E-state index contributed by atoms with van der Waals surface area (Å²) < 4.78 is 50.0. The fourth-order valence-corrected chi connectivity index (χ4v) is 12.4. The number of aliphatic hydroxyl groups is 1. The molecule has 0 saturated carbocycles. The van der Waals surface area contributed by atoms with E-state index in [1.54, 1.807) is 66.9 Å². The first-order valence-corrected chi connectivity index (χ1v) is 41.9. The Hall–Kier alpha value is -14.1. The number of aliphatic hydroxyl groups excluding tert-OH is 1. The second-order valence-electron chi connectivity index (χ2n) is 26.0. The molecule has 3 aliphatic heterocycles. The number of carbonyl (C=O) groups is 3. The number of carbonyl (C=O) groups excluding carboxylic acids is 3. The molecule has 43 nitrogen and oxygen atoms in total. The minimum absolute atomic E-state index is 0.192. The van der Waals surface area contributed by atoms with E-state index >= 15 is 0 Å². The number of hydroxylamine groups is 1. The van der Waals surface area contributed by atoms with Crippen molar-refractivity contribution in [1.29, 1.82) is 0 Å². The topological polar surface area (TPSA) is 557 Å². The van der Waals surface area contributed by atoms with Gasteiger partial charge in [0.25, 0.3) is 5.91 Å². The van der Waals surface area contributed by atoms with E-state index in [9.17, 15) is 14.4 Å². The monoisotopic (exact) mass is 1900 g/mol. The Morgan fingerprint density at radius 3 is 1.22 bits per heavy atom. The number of hydrazine groups is 2. The van der Waals surface area contributed by atoms with E-state index in [2.05, 4.69) is 144 Å². The molecule has 0 spiro atoms. The van der Waals surface area contributed by atoms with Gasteiger partial charge in [-0.3, -0.25) is 26.1 Å². The van der Waals surface area contributed by atoms with Crippen molar-refractivity contribution < 1.29 is 56.8 Å². The van der Waals surface area contributed by atoms with Crippen LogP contribution in [0.25, 0.3) is 51.2 Å². The summed E-state index contributed by atoms with van der Waals surface area (Å²) >= 11 is 21.5. The second-order valence-corrected chi connectivity index (χ2v) is 27.6. The molecule has 0 atom stereocenters. The van der Waals surface area contributed by atoms with Crippen LogP contribution in [0.4, 0.5) is 17.7 Å². The molecule has 13 heterocycles. The maximum Gasteiger partial charge on any atom is 0.341 e. The van der Waals surface area contributed by atoms with E-state index in [-0.39, 0.29) is 33.6 Å². The van der Waals surface area contributed by atoms with Crippen molar-refractivity contribution >= 4 is 99.2 Å². The highest BCUT2D eigenvalue weighted by molar-refractivity contribution is 7.51. The number of hydrogen-bond acceptors (Lipinski definition) is 38. The van der Waals surface area contributed by atoms with E-state index in [0.29, 0.717) is 78.3 Å². The molecule has 0 fully saturated rings. The van der Waals surface area contributed by atoms with Gasteiger partial charge in [0.15, 0.2) is 67.0 Å². The van der Waals surface area contributed by atoms with Crippen molar-refractivity contribution in [2.24, 2.45) is 17.5 Å². The van der Waals surface area contributed by atoms with Gasteiger partial charge in [-0.15, -0.1) is 40.8 Å². The number of amides is 1. The fraction of sp³-hybridized carbons (Fsp3) is 0.238. The van der Waals surface area contributed by atoms with Crippen LogP contribution in [-0.4, -0.2) is 211 Å². The smallest absolute Gasteiger partial charge is 0.341 e. The van der Waals surface area contributed by atoms with Crippen LogP contribution in [0.15, 0.2) is 226 Å². The lowest BCUT2D eigenvalue weighted by Gasteiger charge is -2.28. The Morgan fingerprint density at radius 2 is 0.833 bits per heavy atom. The summed E-state index contributed by atoms with van der Waals surface area (Å²) in [6, 6.07) is 49.5. The van der Waals surface area contributed by atoms with Crippen LogP contribution >= 0.6 is 46.4 Å². The predicted molar refractivity (Wildman–Crippen MR) is 490 cm³/mol. The van der Waals surface area contributed by atoms with Crippen LogP contribution < -0.4 is 43.6 Å². The molecule has 132 heavy (non-hydrogen) atoms. The number of benzene rings is 5. The number of hydrogen-bond donors (Lipinski definition) is 8. The number of halogens is 4. The molecule has 48 heteroatoms. The van der Waals surface area contributed by atoms with E-state index in [4.69, 9.17) is 94.7 Å². The SMILES string of the molecule is CCO.CCOC(=O)c1cnc(C)nc1.CCOC(=O)c1cnc(N2CCn3c(nnc3-c3ccccc3)C2)nc1.COC(OC)(OC)c1ccccc1.Clc1nccn2c(-c3ccccc3)nnc12.Clc1nccnc1Cl.NN.NNc1nccnc1Cl.O=C(NO)c1cnc(N2CCn3c(nnc3-c3ccccc3)C2)nc1.O=S=O.c1ccc(-c2nnc3n2CCNC3)cc1. The van der Waals surface area contributed by atoms with E-state index in [1.807, 2.05) is 154 Å². The number of rotatable bonds is 16. The minimum Gasteiger partial charge on any atom is -0.462 e. The van der Waals surface area contributed by atoms with Gasteiger partial charge in [0.1, 0.15) is 11.6 Å². The molecular formula is C84H93Cl4N31O12S. The van der Waals surface area contributed by atoms with Crippen molar-refractivity contribution in [3.63, 3.8) is 0 Å². The van der Waals surface area contributed by atoms with Crippen molar-refractivity contribution in [1.82, 2.24) is 125 Å². The third-order valence-corrected chi connectivity index (χ3v) is 19.1. The normalized spacial score (nSPS) is 11.6. The summed E-state index contributed by atoms with van der Waals surface area (Å²) in [5.74, 6) is 18.8. The van der Waals surface area contributed by atoms with E-state index in [0.717, 1.165) is 108 Å². The Bertz CT molecular complexity index is 5970. The lowest BCUT2D eigenvalue weighted by atomic mass is 10.2. The summed E-state index contributed by atoms with van der Waals surface area (Å²) in [6.45, 7) is 14.7. The average Bonchev–Trinajstić information content (AvgIpc) is 1.60. The maximum atomic E-state index is 11.7. The van der Waals surface area contributed by atoms with Crippen LogP contribution in [0.5, 0.6) is 0 Å². The predicted octanol–water partition coefficient (Wildman–Crippen LogP) is 9.34. The molecule has 10 aromatic heterocycles. The first-order chi connectivity index (χ1) is 64.3. The van der Waals surface area contributed by atoms with Gasteiger partial charge in [0.05, 0.1) is 49.5 Å². The number of nitrogens with zero attached hydrogens (tertiary/aromatic N) is 25. The van der Waals surface area contributed by atoms with Gasteiger partial charge in [-0.05, 0) is 27.7 Å². The fourth-order valence-electron chi connectivity index (χ4n) is 11.9. The Labute approximate surface area is 780 Å². The van der Waals surface area contributed by atoms with E-state index in [1.165, 1.54) is 62.0 Å². The molecule has 0 saturated heterocycles. The molecule has 1 amide bonds. The second kappa shape index (κ2) is 55.7. The van der Waals surface area contributed by atoms with E-state index < -0.39 is 29.4 Å². The van der Waals surface area contributed by atoms with Crippen LogP contribution in [-0.2, 0) is 80.5 Å². The van der Waals surface area contributed by atoms with Gasteiger partial charge >= 0.3 is 29.5 Å². The number of nitrogens with one attached hydrogen (secondary N) is 3. The van der Waals surface area contributed by atoms with Crippen LogP contribution in [0.3, 0.4) is 0 Å². The highest BCUT2D eigenvalue weighted by atomic mass is 35.5. The number of esters is 2. The lowest BCUT2D eigenvalue weighted by molar-refractivity contribution is -0.364. The molecule has 11 N–H and O–H groups in total. The molecule has 15 aromatic rings. The lowest BCUT2D eigenvalue weighted by Crippen LogP contribution is -2.35.